The van der Waals surface area contributed by atoms with Crippen LogP contribution < -0.4 is 5.32 Å². The van der Waals surface area contributed by atoms with E-state index >= 15 is 0 Å². The van der Waals surface area contributed by atoms with Crippen molar-refractivity contribution in [3.63, 3.8) is 0 Å². The van der Waals surface area contributed by atoms with Gasteiger partial charge in [0.2, 0.25) is 5.95 Å². The maximum absolute atomic E-state index is 4.37. The molecule has 3 nitrogen and oxygen atoms in total. The summed E-state index contributed by atoms with van der Waals surface area (Å²) < 4.78 is 0. The van der Waals surface area contributed by atoms with E-state index in [1.165, 1.54) is 16.7 Å². The average Bonchev–Trinajstić information content (AvgIpc) is 2.33. The Kier molecular flexibility index (Phi) is 4.15. The first-order valence-corrected chi connectivity index (χ1v) is 6.67. The summed E-state index contributed by atoms with van der Waals surface area (Å²) in [4.78, 5) is 8.60. The monoisotopic (exact) mass is 255 g/mol. The minimum absolute atomic E-state index is 0.309. The van der Waals surface area contributed by atoms with E-state index in [-0.39, 0.29) is 0 Å². The first-order chi connectivity index (χ1) is 9.04. The molecule has 0 bridgehead atoms. The summed E-state index contributed by atoms with van der Waals surface area (Å²) in [5, 5.41) is 3.35. The van der Waals surface area contributed by atoms with Crippen LogP contribution in [0.5, 0.6) is 0 Å². The Morgan fingerprint density at radius 1 is 1.16 bits per heavy atom. The van der Waals surface area contributed by atoms with E-state index in [1.807, 2.05) is 13.0 Å². The van der Waals surface area contributed by atoms with Crippen molar-refractivity contribution in [1.29, 1.82) is 0 Å². The fourth-order valence-corrected chi connectivity index (χ4v) is 2.19. The van der Waals surface area contributed by atoms with Crippen molar-refractivity contribution in [3.8, 4) is 0 Å². The molecule has 0 saturated heterocycles. The maximum atomic E-state index is 4.37. The molecule has 0 fully saturated rings. The average molecular weight is 255 g/mol. The number of rotatable bonds is 4. The van der Waals surface area contributed by atoms with Crippen molar-refractivity contribution < 1.29 is 0 Å². The first-order valence-electron chi connectivity index (χ1n) is 6.67. The molecule has 19 heavy (non-hydrogen) atoms. The first kappa shape index (κ1) is 13.5. The van der Waals surface area contributed by atoms with Gasteiger partial charge in [0, 0.05) is 17.9 Å². The molecule has 100 valence electrons. The highest BCUT2D eigenvalue weighted by Gasteiger charge is 2.07. The third-order valence-corrected chi connectivity index (χ3v) is 3.19. The van der Waals surface area contributed by atoms with Crippen LogP contribution in [0.2, 0.25) is 0 Å². The van der Waals surface area contributed by atoms with E-state index in [1.54, 1.807) is 6.20 Å². The van der Waals surface area contributed by atoms with Crippen molar-refractivity contribution in [1.82, 2.24) is 9.97 Å². The van der Waals surface area contributed by atoms with Gasteiger partial charge in [-0.1, -0.05) is 23.8 Å². The van der Waals surface area contributed by atoms with Crippen LogP contribution >= 0.6 is 0 Å². The Morgan fingerprint density at radius 3 is 2.63 bits per heavy atom. The highest BCUT2D eigenvalue weighted by atomic mass is 15.1. The molecule has 0 amide bonds. The van der Waals surface area contributed by atoms with E-state index in [2.05, 4.69) is 54.3 Å². The molecule has 0 aliphatic heterocycles. The summed E-state index contributed by atoms with van der Waals surface area (Å²) in [6.45, 7) is 8.42. The summed E-state index contributed by atoms with van der Waals surface area (Å²) >= 11 is 0. The maximum Gasteiger partial charge on any atom is 0.223 e. The molecular formula is C16H21N3. The smallest absolute Gasteiger partial charge is 0.223 e. The molecule has 1 atom stereocenters. The SMILES string of the molecule is Cc1ccc(CC(C)Nc2nccc(C)n2)c(C)c1. The van der Waals surface area contributed by atoms with Gasteiger partial charge >= 0.3 is 0 Å². The standard InChI is InChI=1S/C16H21N3/c1-11-5-6-15(12(2)9-11)10-14(4)19-16-17-8-7-13(3)18-16/h5-9,14H,10H2,1-4H3,(H,17,18,19). The normalized spacial score (nSPS) is 12.2. The predicted molar refractivity (Wildman–Crippen MR) is 79.5 cm³/mol. The van der Waals surface area contributed by atoms with Gasteiger partial charge in [0.25, 0.3) is 0 Å². The van der Waals surface area contributed by atoms with Gasteiger partial charge < -0.3 is 5.32 Å². The Bertz CT molecular complexity index is 564. The fourth-order valence-electron chi connectivity index (χ4n) is 2.19. The fraction of sp³-hybridized carbons (Fsp3) is 0.375. The van der Waals surface area contributed by atoms with E-state index < -0.39 is 0 Å². The van der Waals surface area contributed by atoms with Crippen molar-refractivity contribution in [2.75, 3.05) is 5.32 Å². The van der Waals surface area contributed by atoms with E-state index in [0.29, 0.717) is 12.0 Å². The number of aryl methyl sites for hydroxylation is 3. The van der Waals surface area contributed by atoms with E-state index in [0.717, 1.165) is 12.1 Å². The summed E-state index contributed by atoms with van der Waals surface area (Å²) in [7, 11) is 0. The molecule has 0 saturated carbocycles. The lowest BCUT2D eigenvalue weighted by atomic mass is 10.00. The molecule has 1 aromatic heterocycles. The molecule has 1 unspecified atom stereocenters. The number of aromatic nitrogens is 2. The molecule has 2 aromatic rings. The van der Waals surface area contributed by atoms with Crippen LogP contribution in [0.15, 0.2) is 30.5 Å². The van der Waals surface area contributed by atoms with Crippen molar-refractivity contribution >= 4 is 5.95 Å². The van der Waals surface area contributed by atoms with Crippen LogP contribution in [0.3, 0.4) is 0 Å². The van der Waals surface area contributed by atoms with Gasteiger partial charge in [-0.25, -0.2) is 9.97 Å². The number of anilines is 1. The third-order valence-electron chi connectivity index (χ3n) is 3.19. The Balaban J connectivity index is 2.03. The molecule has 0 aliphatic rings. The molecular weight excluding hydrogens is 234 g/mol. The zero-order valence-corrected chi connectivity index (χ0v) is 12.1. The van der Waals surface area contributed by atoms with Gasteiger partial charge in [0.15, 0.2) is 0 Å². The predicted octanol–water partition coefficient (Wildman–Crippen LogP) is 3.44. The summed E-state index contributed by atoms with van der Waals surface area (Å²) in [5.41, 5.74) is 5.01. The Morgan fingerprint density at radius 2 is 1.95 bits per heavy atom. The molecule has 1 N–H and O–H groups in total. The number of nitrogens with zero attached hydrogens (tertiary/aromatic N) is 2. The van der Waals surface area contributed by atoms with Gasteiger partial charge in [-0.2, -0.15) is 0 Å². The summed E-state index contributed by atoms with van der Waals surface area (Å²) in [6.07, 6.45) is 2.76. The lowest BCUT2D eigenvalue weighted by Gasteiger charge is -2.15. The van der Waals surface area contributed by atoms with Crippen molar-refractivity contribution in [2.24, 2.45) is 0 Å². The zero-order chi connectivity index (χ0) is 13.8. The van der Waals surface area contributed by atoms with Crippen LogP contribution in [-0.2, 0) is 6.42 Å². The molecule has 0 radical (unpaired) electrons. The summed E-state index contributed by atoms with van der Waals surface area (Å²) in [6, 6.07) is 8.81. The van der Waals surface area contributed by atoms with Crippen molar-refractivity contribution in [2.45, 2.75) is 40.2 Å². The van der Waals surface area contributed by atoms with E-state index in [9.17, 15) is 0 Å². The largest absolute Gasteiger partial charge is 0.351 e. The van der Waals surface area contributed by atoms with Crippen LogP contribution in [0.25, 0.3) is 0 Å². The molecule has 2 rings (SSSR count). The van der Waals surface area contributed by atoms with Gasteiger partial charge in [0.1, 0.15) is 0 Å². The van der Waals surface area contributed by atoms with Crippen LogP contribution in [0, 0.1) is 20.8 Å². The minimum Gasteiger partial charge on any atom is -0.351 e. The van der Waals surface area contributed by atoms with Gasteiger partial charge in [-0.15, -0.1) is 0 Å². The van der Waals surface area contributed by atoms with Gasteiger partial charge in [0.05, 0.1) is 0 Å². The minimum atomic E-state index is 0.309. The topological polar surface area (TPSA) is 37.8 Å². The molecule has 0 aliphatic carbocycles. The number of nitrogens with one attached hydrogen (secondary N) is 1. The second-order valence-electron chi connectivity index (χ2n) is 5.20. The Labute approximate surface area is 115 Å². The third kappa shape index (κ3) is 3.78. The number of hydrogen-bond donors (Lipinski definition) is 1. The Hall–Kier alpha value is -1.90. The molecule has 3 heteroatoms. The zero-order valence-electron chi connectivity index (χ0n) is 12.1. The van der Waals surface area contributed by atoms with Crippen LogP contribution in [0.4, 0.5) is 5.95 Å². The highest BCUT2D eigenvalue weighted by molar-refractivity contribution is 5.33. The number of hydrogen-bond acceptors (Lipinski definition) is 3. The highest BCUT2D eigenvalue weighted by Crippen LogP contribution is 2.14. The van der Waals surface area contributed by atoms with Gasteiger partial charge in [-0.3, -0.25) is 0 Å². The van der Waals surface area contributed by atoms with Crippen LogP contribution in [0.1, 0.15) is 29.3 Å². The summed E-state index contributed by atoms with van der Waals surface area (Å²) in [5.74, 6) is 0.706. The molecule has 0 spiro atoms. The van der Waals surface area contributed by atoms with Crippen molar-refractivity contribution in [3.05, 3.63) is 52.8 Å². The molecule has 1 aromatic carbocycles. The second-order valence-corrected chi connectivity index (χ2v) is 5.20. The molecule has 1 heterocycles. The lowest BCUT2D eigenvalue weighted by molar-refractivity contribution is 0.771. The van der Waals surface area contributed by atoms with Gasteiger partial charge in [-0.05, 0) is 51.3 Å². The quantitative estimate of drug-likeness (QED) is 0.909. The van der Waals surface area contributed by atoms with Crippen LogP contribution in [-0.4, -0.2) is 16.0 Å². The second kappa shape index (κ2) is 5.83. The van der Waals surface area contributed by atoms with E-state index in [4.69, 9.17) is 0 Å². The number of benzene rings is 1. The lowest BCUT2D eigenvalue weighted by Crippen LogP contribution is -2.20.